The summed E-state index contributed by atoms with van der Waals surface area (Å²) in [4.78, 5) is 12.3. The van der Waals surface area contributed by atoms with Crippen molar-refractivity contribution in [1.29, 1.82) is 0 Å². The summed E-state index contributed by atoms with van der Waals surface area (Å²) in [6.07, 6.45) is 3.16. The van der Waals surface area contributed by atoms with E-state index in [9.17, 15) is 4.79 Å². The number of unbranched alkanes of at least 4 members (excludes halogenated alkanes) is 1. The number of rotatable bonds is 6. The van der Waals surface area contributed by atoms with Crippen LogP contribution in [0.1, 0.15) is 43.5 Å². The standard InChI is InChI=1S/C17H26N2O2/c1-3-4-11-21-15-7-5-14(6-8-15)17(20)19-16-9-10-18-12-13(16)2/h5-8,13,16,18H,3-4,9-12H2,1-2H3,(H,19,20). The van der Waals surface area contributed by atoms with E-state index in [0.29, 0.717) is 11.5 Å². The first-order chi connectivity index (χ1) is 10.2. The van der Waals surface area contributed by atoms with Crippen LogP contribution in [0.5, 0.6) is 5.75 Å². The molecule has 0 bridgehead atoms. The molecule has 1 saturated heterocycles. The minimum Gasteiger partial charge on any atom is -0.494 e. The summed E-state index contributed by atoms with van der Waals surface area (Å²) >= 11 is 0. The average Bonchev–Trinajstić information content (AvgIpc) is 2.50. The van der Waals surface area contributed by atoms with Gasteiger partial charge < -0.3 is 15.4 Å². The molecule has 1 aliphatic heterocycles. The van der Waals surface area contributed by atoms with Crippen LogP contribution >= 0.6 is 0 Å². The number of carbonyl (C=O) groups excluding carboxylic acids is 1. The third-order valence-corrected chi connectivity index (χ3v) is 3.98. The van der Waals surface area contributed by atoms with E-state index < -0.39 is 0 Å². The van der Waals surface area contributed by atoms with Crippen molar-refractivity contribution in [3.05, 3.63) is 29.8 Å². The predicted octanol–water partition coefficient (Wildman–Crippen LogP) is 2.59. The van der Waals surface area contributed by atoms with E-state index in [0.717, 1.165) is 44.7 Å². The van der Waals surface area contributed by atoms with Crippen LogP contribution in [0.25, 0.3) is 0 Å². The molecule has 1 aliphatic rings. The largest absolute Gasteiger partial charge is 0.494 e. The van der Waals surface area contributed by atoms with Crippen molar-refractivity contribution < 1.29 is 9.53 Å². The van der Waals surface area contributed by atoms with Gasteiger partial charge in [-0.25, -0.2) is 0 Å². The minimum absolute atomic E-state index is 0.00820. The SMILES string of the molecule is CCCCOc1ccc(C(=O)NC2CCNCC2C)cc1. The fourth-order valence-corrected chi connectivity index (χ4v) is 2.52. The molecular weight excluding hydrogens is 264 g/mol. The molecule has 1 aromatic rings. The highest BCUT2D eigenvalue weighted by Crippen LogP contribution is 2.15. The molecule has 2 unspecified atom stereocenters. The van der Waals surface area contributed by atoms with Crippen molar-refractivity contribution >= 4 is 5.91 Å². The molecule has 1 heterocycles. The van der Waals surface area contributed by atoms with Gasteiger partial charge in [-0.1, -0.05) is 20.3 Å². The summed E-state index contributed by atoms with van der Waals surface area (Å²) in [5.74, 6) is 1.31. The van der Waals surface area contributed by atoms with Crippen LogP contribution in [0.15, 0.2) is 24.3 Å². The van der Waals surface area contributed by atoms with Crippen LogP contribution in [-0.2, 0) is 0 Å². The molecule has 2 atom stereocenters. The second kappa shape index (κ2) is 8.03. The molecule has 2 N–H and O–H groups in total. The first-order valence-electron chi connectivity index (χ1n) is 7.95. The number of carbonyl (C=O) groups is 1. The van der Waals surface area contributed by atoms with E-state index in [4.69, 9.17) is 4.74 Å². The summed E-state index contributed by atoms with van der Waals surface area (Å²) < 4.78 is 5.61. The van der Waals surface area contributed by atoms with Gasteiger partial charge in [0.25, 0.3) is 5.91 Å². The van der Waals surface area contributed by atoms with Crippen molar-refractivity contribution in [3.8, 4) is 5.75 Å². The number of amides is 1. The lowest BCUT2D eigenvalue weighted by atomic mass is 9.95. The van der Waals surface area contributed by atoms with E-state index in [1.165, 1.54) is 0 Å². The second-order valence-corrected chi connectivity index (χ2v) is 5.78. The quantitative estimate of drug-likeness (QED) is 0.792. The lowest BCUT2D eigenvalue weighted by Gasteiger charge is -2.30. The Labute approximate surface area is 127 Å². The number of hydrogen-bond donors (Lipinski definition) is 2. The Morgan fingerprint density at radius 2 is 2.14 bits per heavy atom. The van der Waals surface area contributed by atoms with E-state index in [1.54, 1.807) is 0 Å². The molecule has 0 saturated carbocycles. The van der Waals surface area contributed by atoms with Crippen molar-refractivity contribution in [2.75, 3.05) is 19.7 Å². The lowest BCUT2D eigenvalue weighted by molar-refractivity contribution is 0.0914. The number of piperidine rings is 1. The minimum atomic E-state index is 0.00820. The maximum atomic E-state index is 12.3. The van der Waals surface area contributed by atoms with Gasteiger partial charge in [-0.05, 0) is 56.1 Å². The Bertz CT molecular complexity index is 445. The van der Waals surface area contributed by atoms with Crippen LogP contribution < -0.4 is 15.4 Å². The molecule has 116 valence electrons. The topological polar surface area (TPSA) is 50.4 Å². The highest BCUT2D eigenvalue weighted by molar-refractivity contribution is 5.94. The molecule has 1 amide bonds. The molecule has 0 spiro atoms. The van der Waals surface area contributed by atoms with Crippen LogP contribution in [0.4, 0.5) is 0 Å². The van der Waals surface area contributed by atoms with E-state index in [1.807, 2.05) is 24.3 Å². The Hall–Kier alpha value is -1.55. The molecule has 1 fully saturated rings. The third-order valence-electron chi connectivity index (χ3n) is 3.98. The molecule has 4 heteroatoms. The Balaban J connectivity index is 1.87. The number of nitrogens with one attached hydrogen (secondary N) is 2. The normalized spacial score (nSPS) is 21.8. The zero-order valence-corrected chi connectivity index (χ0v) is 13.0. The van der Waals surface area contributed by atoms with Gasteiger partial charge >= 0.3 is 0 Å². The molecule has 4 nitrogen and oxygen atoms in total. The third kappa shape index (κ3) is 4.74. The lowest BCUT2D eigenvalue weighted by Crippen LogP contribution is -2.48. The Kier molecular flexibility index (Phi) is 6.05. The van der Waals surface area contributed by atoms with Crippen molar-refractivity contribution in [2.45, 2.75) is 39.2 Å². The monoisotopic (exact) mass is 290 g/mol. The summed E-state index contributed by atoms with van der Waals surface area (Å²) in [5.41, 5.74) is 0.698. The molecule has 21 heavy (non-hydrogen) atoms. The number of hydrogen-bond acceptors (Lipinski definition) is 3. The van der Waals surface area contributed by atoms with E-state index >= 15 is 0 Å². The van der Waals surface area contributed by atoms with Gasteiger partial charge in [-0.2, -0.15) is 0 Å². The molecule has 0 aromatic heterocycles. The highest BCUT2D eigenvalue weighted by Gasteiger charge is 2.22. The van der Waals surface area contributed by atoms with Gasteiger partial charge in [-0.3, -0.25) is 4.79 Å². The zero-order chi connectivity index (χ0) is 15.1. The maximum absolute atomic E-state index is 12.3. The van der Waals surface area contributed by atoms with Crippen LogP contribution in [-0.4, -0.2) is 31.6 Å². The summed E-state index contributed by atoms with van der Waals surface area (Å²) in [6, 6.07) is 7.68. The van der Waals surface area contributed by atoms with Crippen molar-refractivity contribution in [3.63, 3.8) is 0 Å². The van der Waals surface area contributed by atoms with Crippen LogP contribution in [0, 0.1) is 5.92 Å². The molecule has 1 aromatic carbocycles. The van der Waals surface area contributed by atoms with Crippen molar-refractivity contribution in [2.24, 2.45) is 5.92 Å². The smallest absolute Gasteiger partial charge is 0.251 e. The van der Waals surface area contributed by atoms with Gasteiger partial charge in [0.1, 0.15) is 5.75 Å². The second-order valence-electron chi connectivity index (χ2n) is 5.78. The number of ether oxygens (including phenoxy) is 1. The van der Waals surface area contributed by atoms with Crippen LogP contribution in [0.2, 0.25) is 0 Å². The summed E-state index contributed by atoms with van der Waals surface area (Å²) in [5, 5.41) is 6.48. The zero-order valence-electron chi connectivity index (χ0n) is 13.0. The van der Waals surface area contributed by atoms with E-state index in [-0.39, 0.29) is 11.9 Å². The Morgan fingerprint density at radius 1 is 1.38 bits per heavy atom. The fraction of sp³-hybridized carbons (Fsp3) is 0.588. The highest BCUT2D eigenvalue weighted by atomic mass is 16.5. The fourth-order valence-electron chi connectivity index (χ4n) is 2.52. The predicted molar refractivity (Wildman–Crippen MR) is 84.7 cm³/mol. The van der Waals surface area contributed by atoms with Crippen LogP contribution in [0.3, 0.4) is 0 Å². The first kappa shape index (κ1) is 15.8. The molecule has 0 aliphatic carbocycles. The molecule has 0 radical (unpaired) electrons. The van der Waals surface area contributed by atoms with Gasteiger partial charge in [0.2, 0.25) is 0 Å². The Morgan fingerprint density at radius 3 is 2.81 bits per heavy atom. The van der Waals surface area contributed by atoms with Gasteiger partial charge in [0, 0.05) is 11.6 Å². The van der Waals surface area contributed by atoms with Crippen molar-refractivity contribution in [1.82, 2.24) is 10.6 Å². The van der Waals surface area contributed by atoms with E-state index in [2.05, 4.69) is 24.5 Å². The van der Waals surface area contributed by atoms with Gasteiger partial charge in [0.15, 0.2) is 0 Å². The van der Waals surface area contributed by atoms with Gasteiger partial charge in [0.05, 0.1) is 6.61 Å². The summed E-state index contributed by atoms with van der Waals surface area (Å²) in [6.45, 7) is 6.98. The van der Waals surface area contributed by atoms with Gasteiger partial charge in [-0.15, -0.1) is 0 Å². The molecule has 2 rings (SSSR count). The number of benzene rings is 1. The average molecular weight is 290 g/mol. The summed E-state index contributed by atoms with van der Waals surface area (Å²) in [7, 11) is 0. The first-order valence-corrected chi connectivity index (χ1v) is 7.95. The molecular formula is C17H26N2O2. The maximum Gasteiger partial charge on any atom is 0.251 e.